The van der Waals surface area contributed by atoms with Crippen LogP contribution in [-0.2, 0) is 14.3 Å². The van der Waals surface area contributed by atoms with Gasteiger partial charge in [-0.25, -0.2) is 0 Å². The van der Waals surface area contributed by atoms with Gasteiger partial charge >= 0.3 is 0 Å². The number of nitrogens with zero attached hydrogens (tertiary/aromatic N) is 2. The van der Waals surface area contributed by atoms with Crippen LogP contribution in [0.4, 0.5) is 0 Å². The lowest BCUT2D eigenvalue weighted by molar-refractivity contribution is -0.149. The average Bonchev–Trinajstić information content (AvgIpc) is 2.53. The third-order valence-electron chi connectivity index (χ3n) is 3.87. The number of carbonyl (C=O) groups excluding carboxylic acids is 2. The number of morpholine rings is 1. The van der Waals surface area contributed by atoms with Crippen LogP contribution in [0.25, 0.3) is 0 Å². The number of nitrogens with one attached hydrogen (secondary N) is 2. The summed E-state index contributed by atoms with van der Waals surface area (Å²) in [5.74, 6) is -0.0814. The van der Waals surface area contributed by atoms with Crippen LogP contribution in [0.15, 0.2) is 0 Å². The van der Waals surface area contributed by atoms with Crippen molar-refractivity contribution in [3.05, 3.63) is 0 Å². The third kappa shape index (κ3) is 4.66. The summed E-state index contributed by atoms with van der Waals surface area (Å²) >= 11 is 0. The standard InChI is InChI=1S/C14H26N4O3/c1-2-3-16-14(20)12-11-21-9-8-18(12)13(19)10-17-6-4-15-5-7-17/h12,15H,2-11H2,1H3,(H,16,20). The molecule has 1 unspecified atom stereocenters. The molecule has 0 aromatic carbocycles. The Morgan fingerprint density at radius 1 is 1.29 bits per heavy atom. The fourth-order valence-corrected chi connectivity index (χ4v) is 2.64. The molecule has 2 amide bonds. The van der Waals surface area contributed by atoms with Gasteiger partial charge in [-0.05, 0) is 6.42 Å². The molecule has 0 saturated carbocycles. The van der Waals surface area contributed by atoms with Crippen molar-refractivity contribution < 1.29 is 14.3 Å². The van der Waals surface area contributed by atoms with Crippen molar-refractivity contribution in [2.24, 2.45) is 0 Å². The molecule has 7 nitrogen and oxygen atoms in total. The van der Waals surface area contributed by atoms with E-state index in [-0.39, 0.29) is 11.8 Å². The Morgan fingerprint density at radius 2 is 2.05 bits per heavy atom. The fourth-order valence-electron chi connectivity index (χ4n) is 2.64. The second-order valence-corrected chi connectivity index (χ2v) is 5.50. The van der Waals surface area contributed by atoms with Gasteiger partial charge in [0.25, 0.3) is 0 Å². The quantitative estimate of drug-likeness (QED) is 0.656. The van der Waals surface area contributed by atoms with E-state index < -0.39 is 6.04 Å². The SMILES string of the molecule is CCCNC(=O)C1COCCN1C(=O)CN1CCNCC1. The van der Waals surface area contributed by atoms with Crippen molar-refractivity contribution in [1.29, 1.82) is 0 Å². The third-order valence-corrected chi connectivity index (χ3v) is 3.87. The smallest absolute Gasteiger partial charge is 0.245 e. The van der Waals surface area contributed by atoms with E-state index in [0.29, 0.717) is 32.8 Å². The minimum atomic E-state index is -0.485. The van der Waals surface area contributed by atoms with Crippen molar-refractivity contribution in [3.63, 3.8) is 0 Å². The van der Waals surface area contributed by atoms with Crippen molar-refractivity contribution >= 4 is 11.8 Å². The molecule has 0 spiro atoms. The zero-order valence-electron chi connectivity index (χ0n) is 12.8. The van der Waals surface area contributed by atoms with E-state index >= 15 is 0 Å². The van der Waals surface area contributed by atoms with Crippen LogP contribution in [0, 0.1) is 0 Å². The summed E-state index contributed by atoms with van der Waals surface area (Å²) in [4.78, 5) is 28.5. The molecule has 0 aromatic rings. The summed E-state index contributed by atoms with van der Waals surface area (Å²) in [6.07, 6.45) is 0.883. The highest BCUT2D eigenvalue weighted by molar-refractivity contribution is 5.88. The van der Waals surface area contributed by atoms with Gasteiger partial charge in [0.15, 0.2) is 0 Å². The number of rotatable bonds is 5. The first-order chi connectivity index (χ1) is 10.2. The van der Waals surface area contributed by atoms with E-state index in [2.05, 4.69) is 15.5 Å². The highest BCUT2D eigenvalue weighted by Crippen LogP contribution is 2.09. The van der Waals surface area contributed by atoms with Gasteiger partial charge in [-0.15, -0.1) is 0 Å². The van der Waals surface area contributed by atoms with E-state index in [1.807, 2.05) is 6.92 Å². The molecule has 7 heteroatoms. The molecule has 2 aliphatic rings. The van der Waals surface area contributed by atoms with Crippen LogP contribution in [0.2, 0.25) is 0 Å². The van der Waals surface area contributed by atoms with Crippen LogP contribution < -0.4 is 10.6 Å². The van der Waals surface area contributed by atoms with Crippen LogP contribution in [0.3, 0.4) is 0 Å². The summed E-state index contributed by atoms with van der Waals surface area (Å²) in [5.41, 5.74) is 0. The Hall–Kier alpha value is -1.18. The number of amides is 2. The van der Waals surface area contributed by atoms with Gasteiger partial charge in [0.05, 0.1) is 19.8 Å². The number of carbonyl (C=O) groups is 2. The second kappa shape index (κ2) is 8.31. The molecule has 2 N–H and O–H groups in total. The molecule has 2 rings (SSSR count). The molecule has 0 aliphatic carbocycles. The van der Waals surface area contributed by atoms with Gasteiger partial charge in [-0.2, -0.15) is 0 Å². The number of piperazine rings is 1. The number of hydrogen-bond acceptors (Lipinski definition) is 5. The van der Waals surface area contributed by atoms with Crippen molar-refractivity contribution in [3.8, 4) is 0 Å². The Bertz CT molecular complexity index is 358. The Balaban J connectivity index is 1.90. The Morgan fingerprint density at radius 3 is 2.76 bits per heavy atom. The van der Waals surface area contributed by atoms with E-state index in [4.69, 9.17) is 4.74 Å². The van der Waals surface area contributed by atoms with Crippen LogP contribution in [-0.4, -0.2) is 86.7 Å². The predicted octanol–water partition coefficient (Wildman–Crippen LogP) is -1.35. The topological polar surface area (TPSA) is 73.9 Å². The van der Waals surface area contributed by atoms with Gasteiger partial charge < -0.3 is 20.3 Å². The maximum absolute atomic E-state index is 12.5. The first-order valence-corrected chi connectivity index (χ1v) is 7.80. The van der Waals surface area contributed by atoms with Gasteiger partial charge in [0.2, 0.25) is 11.8 Å². The summed E-state index contributed by atoms with van der Waals surface area (Å²) in [6, 6.07) is -0.485. The monoisotopic (exact) mass is 298 g/mol. The summed E-state index contributed by atoms with van der Waals surface area (Å²) in [6.45, 7) is 7.90. The molecule has 2 fully saturated rings. The Labute approximate surface area is 126 Å². The lowest BCUT2D eigenvalue weighted by Gasteiger charge is -2.36. The first-order valence-electron chi connectivity index (χ1n) is 7.80. The van der Waals surface area contributed by atoms with Crippen molar-refractivity contribution in [2.45, 2.75) is 19.4 Å². The Kier molecular flexibility index (Phi) is 6.41. The van der Waals surface area contributed by atoms with Gasteiger partial charge in [0, 0.05) is 39.3 Å². The summed E-state index contributed by atoms with van der Waals surface area (Å²) in [5, 5.41) is 6.12. The van der Waals surface area contributed by atoms with Crippen molar-refractivity contribution in [2.75, 3.05) is 59.0 Å². The zero-order chi connectivity index (χ0) is 15.1. The molecule has 0 radical (unpaired) electrons. The lowest BCUT2D eigenvalue weighted by atomic mass is 10.2. The van der Waals surface area contributed by atoms with Gasteiger partial charge in [0.1, 0.15) is 6.04 Å². The second-order valence-electron chi connectivity index (χ2n) is 5.50. The normalized spacial score (nSPS) is 23.9. The molecule has 2 saturated heterocycles. The molecular formula is C14H26N4O3. The van der Waals surface area contributed by atoms with Crippen LogP contribution >= 0.6 is 0 Å². The summed E-state index contributed by atoms with van der Waals surface area (Å²) in [7, 11) is 0. The predicted molar refractivity (Wildman–Crippen MR) is 78.9 cm³/mol. The molecule has 2 heterocycles. The maximum atomic E-state index is 12.5. The zero-order valence-corrected chi connectivity index (χ0v) is 12.8. The van der Waals surface area contributed by atoms with E-state index in [1.54, 1.807) is 4.90 Å². The van der Waals surface area contributed by atoms with Gasteiger partial charge in [-0.1, -0.05) is 6.92 Å². The van der Waals surface area contributed by atoms with Crippen LogP contribution in [0.5, 0.6) is 0 Å². The summed E-state index contributed by atoms with van der Waals surface area (Å²) < 4.78 is 5.38. The molecule has 21 heavy (non-hydrogen) atoms. The van der Waals surface area contributed by atoms with E-state index in [0.717, 1.165) is 32.6 Å². The maximum Gasteiger partial charge on any atom is 0.245 e. The van der Waals surface area contributed by atoms with Crippen LogP contribution in [0.1, 0.15) is 13.3 Å². The number of hydrogen-bond donors (Lipinski definition) is 2. The molecule has 0 bridgehead atoms. The van der Waals surface area contributed by atoms with Gasteiger partial charge in [-0.3, -0.25) is 14.5 Å². The van der Waals surface area contributed by atoms with E-state index in [9.17, 15) is 9.59 Å². The first kappa shape index (κ1) is 16.2. The molecular weight excluding hydrogens is 272 g/mol. The highest BCUT2D eigenvalue weighted by Gasteiger charge is 2.33. The lowest BCUT2D eigenvalue weighted by Crippen LogP contribution is -2.58. The minimum Gasteiger partial charge on any atom is -0.377 e. The minimum absolute atomic E-state index is 0.0249. The average molecular weight is 298 g/mol. The van der Waals surface area contributed by atoms with E-state index in [1.165, 1.54) is 0 Å². The fraction of sp³-hybridized carbons (Fsp3) is 0.857. The largest absolute Gasteiger partial charge is 0.377 e. The highest BCUT2D eigenvalue weighted by atomic mass is 16.5. The molecule has 1 atom stereocenters. The molecule has 2 aliphatic heterocycles. The number of ether oxygens (including phenoxy) is 1. The van der Waals surface area contributed by atoms with Crippen molar-refractivity contribution in [1.82, 2.24) is 20.4 Å². The molecule has 0 aromatic heterocycles. The molecule has 120 valence electrons.